The predicted molar refractivity (Wildman–Crippen MR) is 68.5 cm³/mol. The average Bonchev–Trinajstić information content (AvgIpc) is 2.37. The fourth-order valence-electron chi connectivity index (χ4n) is 1.44. The van der Waals surface area contributed by atoms with Crippen LogP contribution >= 0.6 is 15.9 Å². The first-order chi connectivity index (χ1) is 8.95. The fraction of sp³-hybridized carbons (Fsp3) is 0.167. The Morgan fingerprint density at radius 1 is 1.16 bits per heavy atom. The molecule has 0 unspecified atom stereocenters. The third-order valence-corrected chi connectivity index (χ3v) is 2.73. The molecule has 0 aliphatic heterocycles. The number of benzene rings is 1. The summed E-state index contributed by atoms with van der Waals surface area (Å²) in [7, 11) is 0. The number of aromatic nitrogens is 2. The molecule has 1 aromatic heterocycles. The van der Waals surface area contributed by atoms with Crippen LogP contribution in [0.4, 0.5) is 19.1 Å². The number of hydrogen-bond donors (Lipinski definition) is 1. The SMILES string of the molecule is FC(F)(F)c1cccc(CNc2ncc(Br)cn2)c1. The molecule has 2 rings (SSSR count). The lowest BCUT2D eigenvalue weighted by atomic mass is 10.1. The van der Waals surface area contributed by atoms with E-state index < -0.39 is 11.7 Å². The Bertz CT molecular complexity index is 555. The normalized spacial score (nSPS) is 11.4. The molecule has 0 aliphatic rings. The Morgan fingerprint density at radius 2 is 1.84 bits per heavy atom. The van der Waals surface area contributed by atoms with E-state index in [1.807, 2.05) is 0 Å². The summed E-state index contributed by atoms with van der Waals surface area (Å²) < 4.78 is 38.3. The first kappa shape index (κ1) is 13.8. The van der Waals surface area contributed by atoms with Crippen LogP contribution in [0.3, 0.4) is 0 Å². The number of rotatable bonds is 3. The molecule has 0 saturated heterocycles. The summed E-state index contributed by atoms with van der Waals surface area (Å²) in [5, 5.41) is 2.86. The topological polar surface area (TPSA) is 37.8 Å². The van der Waals surface area contributed by atoms with Crippen molar-refractivity contribution in [1.82, 2.24) is 9.97 Å². The molecule has 0 fully saturated rings. The molecule has 0 saturated carbocycles. The minimum Gasteiger partial charge on any atom is -0.350 e. The number of alkyl halides is 3. The molecule has 0 aliphatic carbocycles. The molecule has 1 N–H and O–H groups in total. The summed E-state index contributed by atoms with van der Waals surface area (Å²) in [6.45, 7) is 0.228. The zero-order chi connectivity index (χ0) is 13.9. The molecule has 0 radical (unpaired) electrons. The molecule has 0 amide bonds. The van der Waals surface area contributed by atoms with Gasteiger partial charge in [-0.2, -0.15) is 13.2 Å². The van der Waals surface area contributed by atoms with Crippen LogP contribution in [0.1, 0.15) is 11.1 Å². The first-order valence-corrected chi connectivity index (χ1v) is 6.12. The second kappa shape index (κ2) is 5.56. The standard InChI is InChI=1S/C12H9BrF3N3/c13-10-6-18-11(19-7-10)17-5-8-2-1-3-9(4-8)12(14,15)16/h1-4,6-7H,5H2,(H,17,18,19). The maximum atomic E-state index is 12.5. The van der Waals surface area contributed by atoms with Gasteiger partial charge in [-0.1, -0.05) is 12.1 Å². The van der Waals surface area contributed by atoms with Crippen LogP contribution in [0.2, 0.25) is 0 Å². The highest BCUT2D eigenvalue weighted by Crippen LogP contribution is 2.29. The number of nitrogens with zero attached hydrogens (tertiary/aromatic N) is 2. The van der Waals surface area contributed by atoms with Gasteiger partial charge in [-0.15, -0.1) is 0 Å². The molecule has 0 spiro atoms. The molecule has 2 aromatic rings. The summed E-state index contributed by atoms with van der Waals surface area (Å²) in [5.41, 5.74) is -0.148. The van der Waals surface area contributed by atoms with Gasteiger partial charge in [0.25, 0.3) is 0 Å². The van der Waals surface area contributed by atoms with Crippen LogP contribution in [-0.4, -0.2) is 9.97 Å². The van der Waals surface area contributed by atoms with Crippen LogP contribution in [-0.2, 0) is 12.7 Å². The summed E-state index contributed by atoms with van der Waals surface area (Å²) in [6.07, 6.45) is -1.22. The van der Waals surface area contributed by atoms with Crippen molar-refractivity contribution < 1.29 is 13.2 Å². The molecule has 100 valence electrons. The van der Waals surface area contributed by atoms with E-state index in [1.165, 1.54) is 6.07 Å². The van der Waals surface area contributed by atoms with Crippen molar-refractivity contribution in [3.8, 4) is 0 Å². The smallest absolute Gasteiger partial charge is 0.350 e. The summed E-state index contributed by atoms with van der Waals surface area (Å²) in [4.78, 5) is 7.95. The van der Waals surface area contributed by atoms with Crippen molar-refractivity contribution in [3.63, 3.8) is 0 Å². The van der Waals surface area contributed by atoms with Gasteiger partial charge in [0.2, 0.25) is 5.95 Å². The Hall–Kier alpha value is -1.63. The first-order valence-electron chi connectivity index (χ1n) is 5.33. The maximum Gasteiger partial charge on any atom is 0.416 e. The Labute approximate surface area is 116 Å². The van der Waals surface area contributed by atoms with Crippen LogP contribution in [0, 0.1) is 0 Å². The van der Waals surface area contributed by atoms with E-state index >= 15 is 0 Å². The Morgan fingerprint density at radius 3 is 2.47 bits per heavy atom. The third-order valence-electron chi connectivity index (χ3n) is 2.33. The number of halogens is 4. The van der Waals surface area contributed by atoms with E-state index in [-0.39, 0.29) is 6.54 Å². The van der Waals surface area contributed by atoms with Crippen molar-refractivity contribution >= 4 is 21.9 Å². The fourth-order valence-corrected chi connectivity index (χ4v) is 1.65. The second-order valence-corrected chi connectivity index (χ2v) is 4.69. The lowest BCUT2D eigenvalue weighted by molar-refractivity contribution is -0.137. The van der Waals surface area contributed by atoms with Gasteiger partial charge in [-0.05, 0) is 33.6 Å². The van der Waals surface area contributed by atoms with Gasteiger partial charge in [0, 0.05) is 18.9 Å². The lowest BCUT2D eigenvalue weighted by Crippen LogP contribution is -2.07. The van der Waals surface area contributed by atoms with Gasteiger partial charge in [0.15, 0.2) is 0 Å². The molecule has 19 heavy (non-hydrogen) atoms. The van der Waals surface area contributed by atoms with Gasteiger partial charge in [0.1, 0.15) is 0 Å². The number of anilines is 1. The van der Waals surface area contributed by atoms with Crippen molar-refractivity contribution in [3.05, 3.63) is 52.3 Å². The number of nitrogens with one attached hydrogen (secondary N) is 1. The van der Waals surface area contributed by atoms with Gasteiger partial charge in [-0.3, -0.25) is 0 Å². The summed E-state index contributed by atoms with van der Waals surface area (Å²) in [5.74, 6) is 0.362. The van der Waals surface area contributed by atoms with Crippen LogP contribution in [0.15, 0.2) is 41.1 Å². The largest absolute Gasteiger partial charge is 0.416 e. The molecular formula is C12H9BrF3N3. The van der Waals surface area contributed by atoms with Gasteiger partial charge < -0.3 is 5.32 Å². The van der Waals surface area contributed by atoms with Crippen LogP contribution in [0.25, 0.3) is 0 Å². The maximum absolute atomic E-state index is 12.5. The third kappa shape index (κ3) is 3.92. The molecule has 0 bridgehead atoms. The van der Waals surface area contributed by atoms with Crippen molar-refractivity contribution in [2.75, 3.05) is 5.32 Å². The monoisotopic (exact) mass is 331 g/mol. The Kier molecular flexibility index (Phi) is 4.04. The minimum absolute atomic E-state index is 0.228. The number of hydrogen-bond acceptors (Lipinski definition) is 3. The zero-order valence-electron chi connectivity index (χ0n) is 9.58. The van der Waals surface area contributed by atoms with Gasteiger partial charge in [-0.25, -0.2) is 9.97 Å². The van der Waals surface area contributed by atoms with E-state index in [9.17, 15) is 13.2 Å². The Balaban J connectivity index is 2.05. The van der Waals surface area contributed by atoms with Crippen LogP contribution in [0.5, 0.6) is 0 Å². The zero-order valence-corrected chi connectivity index (χ0v) is 11.2. The highest BCUT2D eigenvalue weighted by Gasteiger charge is 2.30. The van der Waals surface area contributed by atoms with Gasteiger partial charge >= 0.3 is 6.18 Å². The van der Waals surface area contributed by atoms with Gasteiger partial charge in [0.05, 0.1) is 10.0 Å². The minimum atomic E-state index is -4.33. The van der Waals surface area contributed by atoms with E-state index in [0.717, 1.165) is 16.6 Å². The van der Waals surface area contributed by atoms with E-state index in [0.29, 0.717) is 11.5 Å². The molecule has 1 heterocycles. The van der Waals surface area contributed by atoms with E-state index in [2.05, 4.69) is 31.2 Å². The van der Waals surface area contributed by atoms with Crippen molar-refractivity contribution in [1.29, 1.82) is 0 Å². The van der Waals surface area contributed by atoms with Crippen molar-refractivity contribution in [2.45, 2.75) is 12.7 Å². The summed E-state index contributed by atoms with van der Waals surface area (Å²) in [6, 6.07) is 5.13. The lowest BCUT2D eigenvalue weighted by Gasteiger charge is -2.09. The van der Waals surface area contributed by atoms with Crippen LogP contribution < -0.4 is 5.32 Å². The highest BCUT2D eigenvalue weighted by atomic mass is 79.9. The molecule has 3 nitrogen and oxygen atoms in total. The van der Waals surface area contributed by atoms with E-state index in [4.69, 9.17) is 0 Å². The quantitative estimate of drug-likeness (QED) is 0.927. The molecule has 1 aromatic carbocycles. The molecular weight excluding hydrogens is 323 g/mol. The molecule has 0 atom stereocenters. The summed E-state index contributed by atoms with van der Waals surface area (Å²) >= 11 is 3.20. The molecule has 7 heteroatoms. The average molecular weight is 332 g/mol. The van der Waals surface area contributed by atoms with Crippen molar-refractivity contribution in [2.24, 2.45) is 0 Å². The predicted octanol–water partition coefficient (Wildman–Crippen LogP) is 3.87. The second-order valence-electron chi connectivity index (χ2n) is 3.78. The van der Waals surface area contributed by atoms with E-state index in [1.54, 1.807) is 18.5 Å². The highest BCUT2D eigenvalue weighted by molar-refractivity contribution is 9.10.